The van der Waals surface area contributed by atoms with Gasteiger partial charge in [0.1, 0.15) is 0 Å². The number of nitrogens with zero attached hydrogens (tertiary/aromatic N) is 6. The maximum absolute atomic E-state index is 10.5. The third-order valence-corrected chi connectivity index (χ3v) is 20.8. The largest absolute Gasteiger partial charge is 0.309 e. The first-order valence-electron chi connectivity index (χ1n) is 36.3. The van der Waals surface area contributed by atoms with Crippen LogP contribution < -0.4 is 0 Å². The maximum Gasteiger partial charge on any atom is 0.164 e. The fraction of sp³-hybridized carbons (Fsp3) is 0.163. The summed E-state index contributed by atoms with van der Waals surface area (Å²) in [5, 5.41) is 15.1. The lowest BCUT2D eigenvalue weighted by molar-refractivity contribution is 0.568. The van der Waals surface area contributed by atoms with Gasteiger partial charge in [-0.3, -0.25) is 0 Å². The van der Waals surface area contributed by atoms with Crippen molar-refractivity contribution in [3.63, 3.8) is 0 Å². The predicted octanol–water partition coefficient (Wildman–Crippen LogP) is 26.1. The van der Waals surface area contributed by atoms with Crippen molar-refractivity contribution in [2.75, 3.05) is 0 Å². The monoisotopic (exact) mass is 1340 g/mol. The summed E-state index contributed by atoms with van der Waals surface area (Å²) in [6.07, 6.45) is 0. The Balaban J connectivity index is 1.04. The molecule has 0 spiro atoms. The van der Waals surface area contributed by atoms with Gasteiger partial charge in [0, 0.05) is 49.4 Å². The van der Waals surface area contributed by atoms with E-state index in [1.165, 1.54) is 22.3 Å². The molecule has 506 valence electrons. The molecule has 0 aliphatic rings. The Bertz CT molecular complexity index is 5710. The van der Waals surface area contributed by atoms with E-state index in [-0.39, 0.29) is 21.7 Å². The fourth-order valence-corrected chi connectivity index (χ4v) is 14.8. The molecule has 6 nitrogen and oxygen atoms in total. The first kappa shape index (κ1) is 66.5. The molecule has 0 bridgehead atoms. The zero-order valence-corrected chi connectivity index (χ0v) is 61.4. The molecule has 0 saturated carbocycles. The molecule has 0 fully saturated rings. The molecule has 0 radical (unpaired) electrons. The van der Waals surface area contributed by atoms with Crippen molar-refractivity contribution in [1.29, 1.82) is 5.26 Å². The standard InChI is InChI=1S/C98H84N6/c1-95(2,3)76-49-74(50-77(59-76)96(4,5)6)93-100-92(101-94(102-93)75-51-78(97(7,8)9)60-79(52-75)98(10,11)12)73-41-47-91(104-88-44-38-70(65-31-21-15-22-32-65)55-82(88)83-56-71(39-45-89(83)104)66-33-23-16-24-34-66)85(58-73)84-57-72(67-35-25-26-62(48-67)61-99)40-46-90(84)103-86-42-36-68(63-27-17-13-18-28-63)53-80(86)81-54-69(37-43-87(81)103)64-29-19-14-20-30-64/h13-60H,1-12H3. The molecule has 0 amide bonds. The zero-order chi connectivity index (χ0) is 72.0. The van der Waals surface area contributed by atoms with Gasteiger partial charge >= 0.3 is 0 Å². The second-order valence-corrected chi connectivity index (χ2v) is 32.1. The van der Waals surface area contributed by atoms with Gasteiger partial charge in [-0.2, -0.15) is 5.26 Å². The van der Waals surface area contributed by atoms with Crippen molar-refractivity contribution in [1.82, 2.24) is 24.1 Å². The average Bonchev–Trinajstić information content (AvgIpc) is 1.57. The average molecular weight is 1350 g/mol. The van der Waals surface area contributed by atoms with Crippen LogP contribution in [0.25, 0.3) is 156 Å². The number of aromatic nitrogens is 5. The minimum atomic E-state index is -0.173. The maximum atomic E-state index is 10.5. The molecule has 3 aromatic heterocycles. The number of hydrogen-bond acceptors (Lipinski definition) is 4. The molecule has 16 rings (SSSR count). The van der Waals surface area contributed by atoms with E-state index in [0.29, 0.717) is 23.0 Å². The molecule has 16 aromatic rings. The summed E-state index contributed by atoms with van der Waals surface area (Å²) >= 11 is 0. The fourth-order valence-electron chi connectivity index (χ4n) is 14.8. The van der Waals surface area contributed by atoms with Crippen LogP contribution in [0.15, 0.2) is 291 Å². The van der Waals surface area contributed by atoms with E-state index in [4.69, 9.17) is 15.0 Å². The van der Waals surface area contributed by atoms with Crippen molar-refractivity contribution in [2.45, 2.75) is 105 Å². The van der Waals surface area contributed by atoms with Gasteiger partial charge in [0.25, 0.3) is 0 Å². The van der Waals surface area contributed by atoms with E-state index >= 15 is 0 Å². The minimum absolute atomic E-state index is 0.173. The molecule has 0 unspecified atom stereocenters. The topological polar surface area (TPSA) is 72.3 Å². The summed E-state index contributed by atoms with van der Waals surface area (Å²) in [4.78, 5) is 17.1. The first-order valence-corrected chi connectivity index (χ1v) is 36.3. The van der Waals surface area contributed by atoms with E-state index in [1.807, 2.05) is 18.2 Å². The molecule has 3 heterocycles. The number of rotatable bonds is 11. The van der Waals surface area contributed by atoms with Crippen molar-refractivity contribution in [3.8, 4) is 118 Å². The summed E-state index contributed by atoms with van der Waals surface area (Å²) < 4.78 is 4.95. The molecular weight excluding hydrogens is 1260 g/mol. The van der Waals surface area contributed by atoms with Gasteiger partial charge < -0.3 is 9.13 Å². The van der Waals surface area contributed by atoms with Crippen LogP contribution in [-0.2, 0) is 21.7 Å². The Kier molecular flexibility index (Phi) is 16.5. The molecule has 0 N–H and O–H groups in total. The molecule has 0 atom stereocenters. The van der Waals surface area contributed by atoms with E-state index in [9.17, 15) is 5.26 Å². The first-order chi connectivity index (χ1) is 50.0. The Morgan fingerprint density at radius 1 is 0.240 bits per heavy atom. The predicted molar refractivity (Wildman–Crippen MR) is 437 cm³/mol. The highest BCUT2D eigenvalue weighted by Gasteiger charge is 2.29. The molecule has 104 heavy (non-hydrogen) atoms. The SMILES string of the molecule is CC(C)(C)c1cc(-c2nc(-c3cc(C(C)(C)C)cc(C(C)(C)C)c3)nc(-c3ccc(-n4c5ccc(-c6ccccc6)cc5c5cc(-c6ccccc6)ccc54)c(-c4cc(-c5cccc(C#N)c5)ccc4-n4c5ccc(-c6ccccc6)cc5c5cc(-c6ccccc6)ccc54)c3)n2)cc(C(C)(C)C)c1. The van der Waals surface area contributed by atoms with E-state index in [1.54, 1.807) is 0 Å². The summed E-state index contributed by atoms with van der Waals surface area (Å²) in [5.74, 6) is 1.76. The molecular formula is C98H84N6. The molecule has 0 aliphatic carbocycles. The number of benzene rings is 13. The van der Waals surface area contributed by atoms with Crippen molar-refractivity contribution in [2.24, 2.45) is 0 Å². The quantitative estimate of drug-likeness (QED) is 0.129. The normalized spacial score (nSPS) is 12.2. The van der Waals surface area contributed by atoms with Gasteiger partial charge in [-0.25, -0.2) is 15.0 Å². The van der Waals surface area contributed by atoms with Crippen LogP contribution >= 0.6 is 0 Å². The summed E-state index contributed by atoms with van der Waals surface area (Å²) in [6.45, 7) is 27.4. The second-order valence-electron chi connectivity index (χ2n) is 32.1. The van der Waals surface area contributed by atoms with E-state index in [2.05, 4.69) is 371 Å². The second kappa shape index (κ2) is 25.8. The van der Waals surface area contributed by atoms with Gasteiger partial charge in [0.2, 0.25) is 0 Å². The lowest BCUT2D eigenvalue weighted by Crippen LogP contribution is -2.17. The number of fused-ring (bicyclic) bond motifs is 6. The Morgan fingerprint density at radius 3 is 0.827 bits per heavy atom. The highest BCUT2D eigenvalue weighted by atomic mass is 15.0. The zero-order valence-electron chi connectivity index (χ0n) is 61.4. The van der Waals surface area contributed by atoms with Gasteiger partial charge in [-0.15, -0.1) is 0 Å². The summed E-state index contributed by atoms with van der Waals surface area (Å²) in [5.41, 5.74) is 26.6. The van der Waals surface area contributed by atoms with Crippen molar-refractivity contribution in [3.05, 3.63) is 319 Å². The summed E-state index contributed by atoms with van der Waals surface area (Å²) in [7, 11) is 0. The van der Waals surface area contributed by atoms with E-state index < -0.39 is 0 Å². The third kappa shape index (κ3) is 12.6. The Morgan fingerprint density at radius 2 is 0.510 bits per heavy atom. The number of nitriles is 1. The number of hydrogen-bond donors (Lipinski definition) is 0. The van der Waals surface area contributed by atoms with Gasteiger partial charge in [-0.05, 0) is 215 Å². The smallest absolute Gasteiger partial charge is 0.164 e. The van der Waals surface area contributed by atoms with Crippen LogP contribution in [0.3, 0.4) is 0 Å². The van der Waals surface area contributed by atoms with Gasteiger partial charge in [-0.1, -0.05) is 259 Å². The van der Waals surface area contributed by atoms with Crippen molar-refractivity contribution >= 4 is 43.6 Å². The van der Waals surface area contributed by atoms with Crippen LogP contribution in [0.5, 0.6) is 0 Å². The third-order valence-electron chi connectivity index (χ3n) is 20.8. The highest BCUT2D eigenvalue weighted by Crippen LogP contribution is 2.47. The van der Waals surface area contributed by atoms with E-state index in [0.717, 1.165) is 138 Å². The van der Waals surface area contributed by atoms with Crippen molar-refractivity contribution < 1.29 is 0 Å². The van der Waals surface area contributed by atoms with Crippen LogP contribution in [-0.4, -0.2) is 24.1 Å². The lowest BCUT2D eigenvalue weighted by atomic mass is 9.79. The Hall–Kier alpha value is -12.0. The minimum Gasteiger partial charge on any atom is -0.309 e. The molecule has 13 aromatic carbocycles. The van der Waals surface area contributed by atoms with Crippen LogP contribution in [0.2, 0.25) is 0 Å². The van der Waals surface area contributed by atoms with Gasteiger partial charge in [0.15, 0.2) is 17.5 Å². The van der Waals surface area contributed by atoms with Crippen LogP contribution in [0.4, 0.5) is 0 Å². The Labute approximate surface area is 611 Å². The summed E-state index contributed by atoms with van der Waals surface area (Å²) in [6, 6.07) is 109. The van der Waals surface area contributed by atoms with Gasteiger partial charge in [0.05, 0.1) is 45.1 Å². The molecule has 6 heteroatoms. The lowest BCUT2D eigenvalue weighted by Gasteiger charge is -2.26. The molecule has 0 aliphatic heterocycles. The highest BCUT2D eigenvalue weighted by molar-refractivity contribution is 6.14. The van der Waals surface area contributed by atoms with Crippen LogP contribution in [0.1, 0.15) is 111 Å². The molecule has 0 saturated heterocycles. The van der Waals surface area contributed by atoms with Crippen LogP contribution in [0, 0.1) is 11.3 Å².